The third kappa shape index (κ3) is 3.52. The number of aliphatic hydroxyl groups is 1. The zero-order chi connectivity index (χ0) is 15.7. The Morgan fingerprint density at radius 2 is 1.81 bits per heavy atom. The summed E-state index contributed by atoms with van der Waals surface area (Å²) >= 11 is 17.7. The Morgan fingerprint density at radius 1 is 1.24 bits per heavy atom. The van der Waals surface area contributed by atoms with Gasteiger partial charge < -0.3 is 20.4 Å². The number of nitrogens with one attached hydrogen (secondary N) is 1. The van der Waals surface area contributed by atoms with E-state index in [1.807, 2.05) is 0 Å². The number of amides is 2. The van der Waals surface area contributed by atoms with Crippen molar-refractivity contribution in [1.29, 1.82) is 0 Å². The van der Waals surface area contributed by atoms with Crippen molar-refractivity contribution in [2.75, 3.05) is 11.9 Å². The van der Waals surface area contributed by atoms with Gasteiger partial charge in [0.2, 0.25) is 0 Å². The minimum Gasteiger partial charge on any atom is -0.480 e. The summed E-state index contributed by atoms with van der Waals surface area (Å²) in [5.74, 6) is -1.19. The van der Waals surface area contributed by atoms with Crippen LogP contribution in [0.3, 0.4) is 0 Å². The number of likely N-dealkylation sites (tertiary alicyclic amines) is 1. The molecule has 2 amide bonds. The lowest BCUT2D eigenvalue weighted by atomic mass is 10.2. The number of β-amino-alcohol motifs (C(OH)–C–C–N with tert-alkyl or cyclic N) is 1. The van der Waals surface area contributed by atoms with Gasteiger partial charge in [-0.3, -0.25) is 0 Å². The Bertz CT molecular complexity index is 573. The Morgan fingerprint density at radius 3 is 2.33 bits per heavy atom. The second kappa shape index (κ2) is 6.27. The summed E-state index contributed by atoms with van der Waals surface area (Å²) in [4.78, 5) is 24.3. The molecule has 3 N–H and O–H groups in total. The number of carbonyl (C=O) groups is 2. The van der Waals surface area contributed by atoms with Gasteiger partial charge in [0.1, 0.15) is 6.04 Å². The molecule has 0 aliphatic carbocycles. The van der Waals surface area contributed by atoms with Gasteiger partial charge in [-0.15, -0.1) is 0 Å². The van der Waals surface area contributed by atoms with Crippen molar-refractivity contribution in [3.05, 3.63) is 27.2 Å². The quantitative estimate of drug-likeness (QED) is 0.762. The molecule has 1 aliphatic heterocycles. The van der Waals surface area contributed by atoms with Crippen molar-refractivity contribution in [3.63, 3.8) is 0 Å². The third-order valence-corrected chi connectivity index (χ3v) is 3.88. The summed E-state index contributed by atoms with van der Waals surface area (Å²) in [7, 11) is 0. The number of halogens is 3. The van der Waals surface area contributed by atoms with Crippen LogP contribution in [0.15, 0.2) is 12.1 Å². The summed E-state index contributed by atoms with van der Waals surface area (Å²) in [5, 5.41) is 21.6. The normalized spacial score (nSPS) is 21.4. The van der Waals surface area contributed by atoms with E-state index in [1.165, 1.54) is 12.1 Å². The van der Waals surface area contributed by atoms with E-state index in [0.29, 0.717) is 5.02 Å². The fraction of sp³-hybridized carbons (Fsp3) is 0.333. The summed E-state index contributed by atoms with van der Waals surface area (Å²) in [6.07, 6.45) is -0.904. The van der Waals surface area contributed by atoms with Crippen LogP contribution in [0.1, 0.15) is 6.42 Å². The van der Waals surface area contributed by atoms with Gasteiger partial charge in [0.05, 0.1) is 21.8 Å². The van der Waals surface area contributed by atoms with E-state index in [1.54, 1.807) is 0 Å². The predicted octanol–water partition coefficient (Wildman–Crippen LogP) is 2.70. The zero-order valence-electron chi connectivity index (χ0n) is 10.5. The second-order valence-electron chi connectivity index (χ2n) is 4.57. The lowest BCUT2D eigenvalue weighted by Gasteiger charge is -2.22. The molecule has 1 aromatic rings. The molecule has 1 aliphatic rings. The van der Waals surface area contributed by atoms with E-state index in [4.69, 9.17) is 39.9 Å². The topological polar surface area (TPSA) is 89.9 Å². The minimum atomic E-state index is -1.19. The highest BCUT2D eigenvalue weighted by Crippen LogP contribution is 2.34. The van der Waals surface area contributed by atoms with Crippen LogP contribution in [0.4, 0.5) is 10.5 Å². The molecule has 6 nitrogen and oxygen atoms in total. The number of urea groups is 1. The fourth-order valence-corrected chi connectivity index (χ4v) is 3.02. The van der Waals surface area contributed by atoms with E-state index in [0.717, 1.165) is 4.90 Å². The lowest BCUT2D eigenvalue weighted by Crippen LogP contribution is -2.43. The van der Waals surface area contributed by atoms with Crippen molar-refractivity contribution in [2.45, 2.75) is 18.6 Å². The number of hydrogen-bond acceptors (Lipinski definition) is 3. The highest BCUT2D eigenvalue weighted by Gasteiger charge is 2.39. The second-order valence-corrected chi connectivity index (χ2v) is 5.82. The van der Waals surface area contributed by atoms with Crippen LogP contribution < -0.4 is 5.32 Å². The highest BCUT2D eigenvalue weighted by atomic mass is 35.5. The van der Waals surface area contributed by atoms with Crippen molar-refractivity contribution >= 4 is 52.5 Å². The number of carboxylic acids is 1. The zero-order valence-corrected chi connectivity index (χ0v) is 12.8. The first-order chi connectivity index (χ1) is 9.79. The number of nitrogens with zero attached hydrogens (tertiary/aromatic N) is 1. The van der Waals surface area contributed by atoms with Gasteiger partial charge in [-0.1, -0.05) is 34.8 Å². The molecule has 0 saturated carbocycles. The van der Waals surface area contributed by atoms with E-state index >= 15 is 0 Å². The van der Waals surface area contributed by atoms with E-state index in [2.05, 4.69) is 5.32 Å². The Balaban J connectivity index is 2.20. The molecule has 0 bridgehead atoms. The minimum absolute atomic E-state index is 0.0230. The van der Waals surface area contributed by atoms with Crippen molar-refractivity contribution < 1.29 is 19.8 Å². The third-order valence-electron chi connectivity index (χ3n) is 3.06. The van der Waals surface area contributed by atoms with Gasteiger partial charge in [0.15, 0.2) is 0 Å². The maximum Gasteiger partial charge on any atom is 0.326 e. The maximum atomic E-state index is 12.2. The maximum absolute atomic E-state index is 12.2. The largest absolute Gasteiger partial charge is 0.480 e. The van der Waals surface area contributed by atoms with Gasteiger partial charge in [-0.05, 0) is 12.1 Å². The first-order valence-corrected chi connectivity index (χ1v) is 7.06. The molecule has 114 valence electrons. The summed E-state index contributed by atoms with van der Waals surface area (Å²) in [6.45, 7) is -0.0778. The monoisotopic (exact) mass is 352 g/mol. The Hall–Kier alpha value is -1.21. The molecule has 0 spiro atoms. The van der Waals surface area contributed by atoms with E-state index < -0.39 is 24.1 Å². The molecule has 0 unspecified atom stereocenters. The van der Waals surface area contributed by atoms with Crippen LogP contribution in [0.5, 0.6) is 0 Å². The fourth-order valence-electron chi connectivity index (χ4n) is 2.11. The van der Waals surface area contributed by atoms with Crippen LogP contribution in [0.25, 0.3) is 0 Å². The van der Waals surface area contributed by atoms with Crippen molar-refractivity contribution in [3.8, 4) is 0 Å². The number of hydrogen-bond donors (Lipinski definition) is 3. The van der Waals surface area contributed by atoms with Gasteiger partial charge in [0, 0.05) is 18.0 Å². The molecule has 2 rings (SSSR count). The molecule has 2 atom stereocenters. The first-order valence-electron chi connectivity index (χ1n) is 5.92. The van der Waals surface area contributed by atoms with Gasteiger partial charge in [-0.2, -0.15) is 0 Å². The number of carbonyl (C=O) groups excluding carboxylic acids is 1. The van der Waals surface area contributed by atoms with Gasteiger partial charge >= 0.3 is 12.0 Å². The molecule has 1 fully saturated rings. The van der Waals surface area contributed by atoms with Crippen LogP contribution in [-0.2, 0) is 4.79 Å². The van der Waals surface area contributed by atoms with Crippen LogP contribution in [0.2, 0.25) is 15.1 Å². The van der Waals surface area contributed by atoms with Crippen molar-refractivity contribution in [1.82, 2.24) is 4.90 Å². The smallest absolute Gasteiger partial charge is 0.326 e. The molecule has 1 aromatic carbocycles. The van der Waals surface area contributed by atoms with Crippen LogP contribution >= 0.6 is 34.8 Å². The SMILES string of the molecule is O=C(O)[C@H]1C[C@@H](O)CN1C(=O)Nc1c(Cl)cc(Cl)cc1Cl. The predicted molar refractivity (Wildman–Crippen MR) is 79.2 cm³/mol. The van der Waals surface area contributed by atoms with E-state index in [9.17, 15) is 14.7 Å². The van der Waals surface area contributed by atoms with Gasteiger partial charge in [-0.25, -0.2) is 9.59 Å². The molecule has 9 heteroatoms. The lowest BCUT2D eigenvalue weighted by molar-refractivity contribution is -0.141. The first kappa shape index (κ1) is 16.2. The summed E-state index contributed by atoms with van der Waals surface area (Å²) in [5.41, 5.74) is 0.137. The molecular formula is C12H11Cl3N2O4. The number of aliphatic carboxylic acids is 1. The number of aliphatic hydroxyl groups excluding tert-OH is 1. The molecule has 1 heterocycles. The highest BCUT2D eigenvalue weighted by molar-refractivity contribution is 6.42. The number of carboxylic acid groups (broad SMARTS) is 1. The standard InChI is InChI=1S/C12H11Cl3N2O4/c13-5-1-7(14)10(8(15)2-5)16-12(21)17-4-6(18)3-9(17)11(19)20/h1-2,6,9,18H,3-4H2,(H,16,21)(H,19,20)/t6-,9-/m1/s1. The molecule has 21 heavy (non-hydrogen) atoms. The molecule has 0 aromatic heterocycles. The summed E-state index contributed by atoms with van der Waals surface area (Å²) in [6, 6.07) is 1.01. The van der Waals surface area contributed by atoms with Crippen LogP contribution in [-0.4, -0.2) is 45.8 Å². The number of rotatable bonds is 2. The number of benzene rings is 1. The molecular weight excluding hydrogens is 343 g/mol. The molecule has 0 radical (unpaired) electrons. The van der Waals surface area contributed by atoms with E-state index in [-0.39, 0.29) is 28.7 Å². The Kier molecular flexibility index (Phi) is 4.83. The molecule has 1 saturated heterocycles. The average Bonchev–Trinajstić information content (AvgIpc) is 2.76. The summed E-state index contributed by atoms with van der Waals surface area (Å²) < 4.78 is 0. The van der Waals surface area contributed by atoms with Crippen LogP contribution in [0, 0.1) is 0 Å². The van der Waals surface area contributed by atoms with Crippen molar-refractivity contribution in [2.24, 2.45) is 0 Å². The average molecular weight is 354 g/mol. The number of anilines is 1. The Labute approximate surface area is 135 Å². The van der Waals surface area contributed by atoms with Gasteiger partial charge in [0.25, 0.3) is 0 Å².